The van der Waals surface area contributed by atoms with E-state index in [1.807, 2.05) is 47.1 Å². The van der Waals surface area contributed by atoms with Gasteiger partial charge in [0.1, 0.15) is 18.1 Å². The first-order valence-electron chi connectivity index (χ1n) is 13.6. The number of hydrogen-bond donors (Lipinski definition) is 1. The van der Waals surface area contributed by atoms with Crippen LogP contribution in [0.3, 0.4) is 0 Å². The van der Waals surface area contributed by atoms with Crippen LogP contribution in [0.1, 0.15) is 54.0 Å². The number of aryl methyl sites for hydroxylation is 1. The van der Waals surface area contributed by atoms with Gasteiger partial charge in [-0.2, -0.15) is 5.10 Å². The molecule has 5 rings (SSSR count). The molecular formula is C32H35N5O3S. The first kappa shape index (κ1) is 28.4. The number of methoxy groups -OCH3 is 1. The van der Waals surface area contributed by atoms with E-state index < -0.39 is 0 Å². The smallest absolute Gasteiger partial charge is 0.240 e. The molecule has 0 saturated carbocycles. The van der Waals surface area contributed by atoms with Gasteiger partial charge in [-0.3, -0.25) is 19.5 Å². The minimum Gasteiger partial charge on any atom is -0.497 e. The lowest BCUT2D eigenvalue weighted by atomic mass is 9.87. The molecule has 2 aromatic heterocycles. The molecule has 41 heavy (non-hydrogen) atoms. The fraction of sp³-hybridized carbons (Fsp3) is 0.312. The Morgan fingerprint density at radius 1 is 1.12 bits per heavy atom. The van der Waals surface area contributed by atoms with Crippen LogP contribution in [0, 0.1) is 6.92 Å². The third kappa shape index (κ3) is 6.15. The zero-order valence-corrected chi connectivity index (χ0v) is 24.9. The van der Waals surface area contributed by atoms with Crippen molar-refractivity contribution >= 4 is 29.4 Å². The number of aromatic nitrogens is 3. The molecule has 0 spiro atoms. The summed E-state index contributed by atoms with van der Waals surface area (Å²) >= 11 is 1.58. The Kier molecular flexibility index (Phi) is 8.17. The molecule has 1 aliphatic rings. The highest BCUT2D eigenvalue weighted by Crippen LogP contribution is 2.48. The van der Waals surface area contributed by atoms with E-state index in [2.05, 4.69) is 56.2 Å². The van der Waals surface area contributed by atoms with E-state index in [0.717, 1.165) is 39.4 Å². The van der Waals surface area contributed by atoms with Crippen LogP contribution >= 0.6 is 11.8 Å². The molecule has 2 amide bonds. The summed E-state index contributed by atoms with van der Waals surface area (Å²) in [5.41, 5.74) is 5.43. The van der Waals surface area contributed by atoms with Gasteiger partial charge < -0.3 is 10.1 Å². The Balaban J connectivity index is 1.65. The fourth-order valence-corrected chi connectivity index (χ4v) is 6.16. The van der Waals surface area contributed by atoms with Gasteiger partial charge >= 0.3 is 0 Å². The van der Waals surface area contributed by atoms with E-state index in [1.54, 1.807) is 36.2 Å². The summed E-state index contributed by atoms with van der Waals surface area (Å²) in [6, 6.07) is 19.7. The molecule has 1 atom stereocenters. The summed E-state index contributed by atoms with van der Waals surface area (Å²) in [5, 5.41) is 7.96. The molecule has 212 valence electrons. The van der Waals surface area contributed by atoms with Crippen LogP contribution in [0.5, 0.6) is 5.75 Å². The Bertz CT molecular complexity index is 1540. The first-order valence-corrected chi connectivity index (χ1v) is 14.6. The number of thioether (sulfide) groups is 1. The zero-order chi connectivity index (χ0) is 29.1. The molecule has 0 bridgehead atoms. The van der Waals surface area contributed by atoms with Gasteiger partial charge in [-0.05, 0) is 48.4 Å². The van der Waals surface area contributed by atoms with Gasteiger partial charge in [0, 0.05) is 29.9 Å². The predicted octanol–water partition coefficient (Wildman–Crippen LogP) is 5.37. The van der Waals surface area contributed by atoms with E-state index in [0.29, 0.717) is 12.4 Å². The average Bonchev–Trinajstić information content (AvgIpc) is 3.30. The van der Waals surface area contributed by atoms with Gasteiger partial charge in [-0.15, -0.1) is 11.8 Å². The van der Waals surface area contributed by atoms with Crippen molar-refractivity contribution in [3.05, 3.63) is 101 Å². The van der Waals surface area contributed by atoms with Gasteiger partial charge in [-0.1, -0.05) is 56.7 Å². The molecular weight excluding hydrogens is 534 g/mol. The van der Waals surface area contributed by atoms with Crippen LogP contribution in [-0.4, -0.2) is 46.0 Å². The van der Waals surface area contributed by atoms with E-state index in [4.69, 9.17) is 9.84 Å². The van der Waals surface area contributed by atoms with Crippen molar-refractivity contribution < 1.29 is 14.3 Å². The van der Waals surface area contributed by atoms with E-state index in [1.165, 1.54) is 0 Å². The number of rotatable bonds is 7. The monoisotopic (exact) mass is 569 g/mol. The number of ether oxygens (including phenoxy) is 1. The number of nitrogens with zero attached hydrogens (tertiary/aromatic N) is 4. The molecule has 4 aromatic rings. The lowest BCUT2D eigenvalue weighted by Gasteiger charge is -2.24. The largest absolute Gasteiger partial charge is 0.497 e. The predicted molar refractivity (Wildman–Crippen MR) is 163 cm³/mol. The Morgan fingerprint density at radius 2 is 1.90 bits per heavy atom. The van der Waals surface area contributed by atoms with E-state index in [9.17, 15) is 9.59 Å². The summed E-state index contributed by atoms with van der Waals surface area (Å²) in [6.45, 7) is 8.66. The third-order valence-electron chi connectivity index (χ3n) is 6.98. The fourth-order valence-electron chi connectivity index (χ4n) is 4.98. The van der Waals surface area contributed by atoms with Gasteiger partial charge in [0.15, 0.2) is 0 Å². The van der Waals surface area contributed by atoms with Crippen molar-refractivity contribution in [2.45, 2.75) is 44.9 Å². The van der Waals surface area contributed by atoms with E-state index >= 15 is 0 Å². The van der Waals surface area contributed by atoms with Crippen LogP contribution in [-0.2, 0) is 21.5 Å². The molecule has 3 heterocycles. The minimum atomic E-state index is -0.327. The molecule has 8 nitrogen and oxygen atoms in total. The average molecular weight is 570 g/mol. The number of amides is 2. The molecule has 1 aliphatic heterocycles. The van der Waals surface area contributed by atoms with Gasteiger partial charge in [0.25, 0.3) is 0 Å². The Morgan fingerprint density at radius 3 is 2.56 bits per heavy atom. The maximum absolute atomic E-state index is 13.8. The topological polar surface area (TPSA) is 89.3 Å². The Labute approximate surface area is 245 Å². The minimum absolute atomic E-state index is 0.126. The molecule has 0 fully saturated rings. The number of nitrogens with one attached hydrogen (secondary N) is 1. The molecule has 0 unspecified atom stereocenters. The second-order valence-electron chi connectivity index (χ2n) is 11.2. The SMILES string of the molecule is COc1ccc(-n2nc(C(C)(C)C)c3c2N(CC(=O)NCc2cccnc2)C(=O)CS[C@@H]3c2cccc(C)c2)cc1. The molecule has 9 heteroatoms. The third-order valence-corrected chi connectivity index (χ3v) is 8.23. The van der Waals surface area contributed by atoms with Gasteiger partial charge in [0.05, 0.1) is 29.5 Å². The number of anilines is 1. The van der Waals surface area contributed by atoms with Crippen LogP contribution in [0.25, 0.3) is 5.69 Å². The number of hydrogen-bond acceptors (Lipinski definition) is 6. The highest BCUT2D eigenvalue weighted by Gasteiger charge is 2.40. The second-order valence-corrected chi connectivity index (χ2v) is 12.3. The van der Waals surface area contributed by atoms with Crippen molar-refractivity contribution in [1.82, 2.24) is 20.1 Å². The molecule has 2 aromatic carbocycles. The molecule has 1 N–H and O–H groups in total. The van der Waals surface area contributed by atoms with Crippen molar-refractivity contribution in [1.29, 1.82) is 0 Å². The summed E-state index contributed by atoms with van der Waals surface area (Å²) < 4.78 is 7.20. The first-order chi connectivity index (χ1) is 19.7. The Hall–Kier alpha value is -4.11. The number of benzene rings is 2. The lowest BCUT2D eigenvalue weighted by Crippen LogP contribution is -2.42. The molecule has 0 saturated heterocycles. The number of carbonyl (C=O) groups is 2. The molecule has 0 radical (unpaired) electrons. The van der Waals surface area contributed by atoms with E-state index in [-0.39, 0.29) is 34.8 Å². The zero-order valence-electron chi connectivity index (χ0n) is 24.0. The second kappa shape index (κ2) is 11.8. The van der Waals surface area contributed by atoms with Gasteiger partial charge in [0.2, 0.25) is 11.8 Å². The highest BCUT2D eigenvalue weighted by atomic mass is 32.2. The summed E-state index contributed by atoms with van der Waals surface area (Å²) in [6.07, 6.45) is 3.41. The highest BCUT2D eigenvalue weighted by molar-refractivity contribution is 8.00. The van der Waals surface area contributed by atoms with Crippen molar-refractivity contribution in [3.63, 3.8) is 0 Å². The lowest BCUT2D eigenvalue weighted by molar-refractivity contribution is -0.123. The van der Waals surface area contributed by atoms with Crippen LogP contribution in [0.4, 0.5) is 5.82 Å². The standard InChI is InChI=1S/C32H35N5O3S/c1-21-8-6-10-23(16-21)29-28-30(32(2,3)4)35-37(24-11-13-25(40-5)14-12-24)31(28)36(27(39)20-41-29)19-26(38)34-18-22-9-7-15-33-17-22/h6-17,29H,18-20H2,1-5H3,(H,34,38)/t29-/m1/s1. The van der Waals surface area contributed by atoms with Crippen molar-refractivity contribution in [3.8, 4) is 11.4 Å². The van der Waals surface area contributed by atoms with Crippen LogP contribution in [0.2, 0.25) is 0 Å². The van der Waals surface area contributed by atoms with Gasteiger partial charge in [-0.25, -0.2) is 4.68 Å². The quantitative estimate of drug-likeness (QED) is 0.322. The van der Waals surface area contributed by atoms with Crippen molar-refractivity contribution in [2.75, 3.05) is 24.3 Å². The maximum Gasteiger partial charge on any atom is 0.240 e. The van der Waals surface area contributed by atoms with Crippen molar-refractivity contribution in [2.24, 2.45) is 0 Å². The number of fused-ring (bicyclic) bond motifs is 1. The number of carbonyl (C=O) groups excluding carboxylic acids is 2. The normalized spacial score (nSPS) is 15.3. The van der Waals surface area contributed by atoms with Crippen LogP contribution < -0.4 is 15.0 Å². The maximum atomic E-state index is 13.8. The summed E-state index contributed by atoms with van der Waals surface area (Å²) in [4.78, 5) is 32.9. The number of pyridine rings is 1. The summed E-state index contributed by atoms with van der Waals surface area (Å²) in [5.74, 6) is 1.18. The van der Waals surface area contributed by atoms with Crippen LogP contribution in [0.15, 0.2) is 73.1 Å². The summed E-state index contributed by atoms with van der Waals surface area (Å²) in [7, 11) is 1.63. The molecule has 0 aliphatic carbocycles.